The van der Waals surface area contributed by atoms with E-state index >= 15 is 0 Å². The molecule has 32 heavy (non-hydrogen) atoms. The molecule has 0 aliphatic carbocycles. The van der Waals surface area contributed by atoms with Gasteiger partial charge in [0.05, 0.1) is 5.69 Å². The van der Waals surface area contributed by atoms with E-state index in [-0.39, 0.29) is 16.0 Å². The molecule has 0 amide bonds. The molecule has 0 aliphatic rings. The van der Waals surface area contributed by atoms with Crippen molar-refractivity contribution < 1.29 is 18.8 Å². The van der Waals surface area contributed by atoms with E-state index in [1.54, 1.807) is 18.2 Å². The van der Waals surface area contributed by atoms with Crippen LogP contribution < -0.4 is 5.46 Å². The quantitative estimate of drug-likeness (QED) is 0.187. The minimum Gasteiger partial charge on any atom is -0.423 e. The Hall–Kier alpha value is -2.83. The van der Waals surface area contributed by atoms with Crippen molar-refractivity contribution >= 4 is 47.4 Å². The Labute approximate surface area is 196 Å². The fourth-order valence-corrected chi connectivity index (χ4v) is 2.42. The summed E-state index contributed by atoms with van der Waals surface area (Å²) in [5.41, 5.74) is 1.31. The monoisotopic (exact) mass is 498 g/mol. The second kappa shape index (κ2) is 12.9. The minimum absolute atomic E-state index is 0.104. The molecular weight excluding hydrogens is 487 g/mol. The Morgan fingerprint density at radius 2 is 1.25 bits per heavy atom. The molecule has 0 aromatic carbocycles. The zero-order chi connectivity index (χ0) is 23.5. The third kappa shape index (κ3) is 9.12. The van der Waals surface area contributed by atoms with Gasteiger partial charge in [-0.25, -0.2) is 29.9 Å². The van der Waals surface area contributed by atoms with E-state index in [1.165, 1.54) is 36.9 Å². The molecule has 8 nitrogen and oxygen atoms in total. The first kappa shape index (κ1) is 25.4. The molecule has 2 N–H and O–H groups in total. The topological polar surface area (TPSA) is 118 Å². The van der Waals surface area contributed by atoms with Crippen molar-refractivity contribution in [2.75, 3.05) is 0 Å². The highest BCUT2D eigenvalue weighted by Gasteiger charge is 2.10. The van der Waals surface area contributed by atoms with Gasteiger partial charge in [0.15, 0.2) is 0 Å². The molecule has 0 bridgehead atoms. The van der Waals surface area contributed by atoms with Crippen LogP contribution in [-0.4, -0.2) is 47.1 Å². The maximum absolute atomic E-state index is 12.8. The Morgan fingerprint density at radius 1 is 0.688 bits per heavy atom. The van der Waals surface area contributed by atoms with Crippen LogP contribution in [0.4, 0.5) is 8.78 Å². The lowest BCUT2D eigenvalue weighted by molar-refractivity contribution is 0.425. The fraction of sp³-hybridized carbons (Fsp3) is 0. The maximum atomic E-state index is 12.8. The SMILES string of the molecule is Clc1ccnc(Cl)n1.Fc1cc(-c2ccnc(Cl)n2)ccn1.OB(O)c1ccnc(F)c1. The second-order valence-corrected chi connectivity index (χ2v) is 6.58. The van der Waals surface area contributed by atoms with Gasteiger partial charge < -0.3 is 10.0 Å². The van der Waals surface area contributed by atoms with Crippen molar-refractivity contribution in [2.24, 2.45) is 0 Å². The van der Waals surface area contributed by atoms with Crippen LogP contribution >= 0.6 is 34.8 Å². The summed E-state index contributed by atoms with van der Waals surface area (Å²) in [6, 6.07) is 8.45. The van der Waals surface area contributed by atoms with Crippen molar-refractivity contribution in [3.8, 4) is 11.3 Å². The molecule has 0 fully saturated rings. The van der Waals surface area contributed by atoms with Crippen LogP contribution in [0.5, 0.6) is 0 Å². The number of rotatable bonds is 2. The summed E-state index contributed by atoms with van der Waals surface area (Å²) in [7, 11) is -1.63. The van der Waals surface area contributed by atoms with Gasteiger partial charge >= 0.3 is 7.12 Å². The Balaban J connectivity index is 0.000000178. The van der Waals surface area contributed by atoms with Crippen LogP contribution in [0.15, 0.2) is 61.2 Å². The first-order valence-electron chi connectivity index (χ1n) is 8.46. The summed E-state index contributed by atoms with van der Waals surface area (Å²) in [4.78, 5) is 21.6. The maximum Gasteiger partial charge on any atom is 0.488 e. The van der Waals surface area contributed by atoms with Crippen LogP contribution in [-0.2, 0) is 0 Å². The molecule has 14 heteroatoms. The second-order valence-electron chi connectivity index (χ2n) is 5.51. The highest BCUT2D eigenvalue weighted by Crippen LogP contribution is 2.17. The van der Waals surface area contributed by atoms with E-state index in [1.807, 2.05) is 0 Å². The lowest BCUT2D eigenvalue weighted by atomic mass is 9.81. The molecule has 164 valence electrons. The predicted octanol–water partition coefficient (Wildman–Crippen LogP) is 3.02. The molecule has 4 aromatic heterocycles. The van der Waals surface area contributed by atoms with Gasteiger partial charge in [-0.1, -0.05) is 11.6 Å². The van der Waals surface area contributed by atoms with Gasteiger partial charge in [-0.05, 0) is 59.0 Å². The summed E-state index contributed by atoms with van der Waals surface area (Å²) in [6.45, 7) is 0. The number of pyridine rings is 2. The molecular formula is C18H12BCl3F2N6O2. The zero-order valence-electron chi connectivity index (χ0n) is 15.8. The average molecular weight is 500 g/mol. The molecule has 0 spiro atoms. The number of nitrogens with zero attached hydrogens (tertiary/aromatic N) is 6. The largest absolute Gasteiger partial charge is 0.488 e. The normalized spacial score (nSPS) is 9.72. The van der Waals surface area contributed by atoms with Crippen molar-refractivity contribution in [2.45, 2.75) is 0 Å². The third-order valence-electron chi connectivity index (χ3n) is 3.29. The van der Waals surface area contributed by atoms with Gasteiger partial charge in [-0.15, -0.1) is 0 Å². The van der Waals surface area contributed by atoms with Gasteiger partial charge in [-0.3, -0.25) is 0 Å². The summed E-state index contributed by atoms with van der Waals surface area (Å²) in [5, 5.41) is 17.7. The lowest BCUT2D eigenvalue weighted by Gasteiger charge is -1.99. The summed E-state index contributed by atoms with van der Waals surface area (Å²) < 4.78 is 25.0. The molecule has 0 saturated carbocycles. The van der Waals surface area contributed by atoms with Crippen LogP contribution in [0.1, 0.15) is 0 Å². The molecule has 0 radical (unpaired) electrons. The van der Waals surface area contributed by atoms with Crippen LogP contribution in [0.2, 0.25) is 15.7 Å². The van der Waals surface area contributed by atoms with Crippen molar-refractivity contribution in [1.29, 1.82) is 0 Å². The van der Waals surface area contributed by atoms with Gasteiger partial charge in [0.1, 0.15) is 5.15 Å². The lowest BCUT2D eigenvalue weighted by Crippen LogP contribution is -2.30. The zero-order valence-corrected chi connectivity index (χ0v) is 18.1. The molecule has 0 saturated heterocycles. The number of hydrogen-bond acceptors (Lipinski definition) is 8. The minimum atomic E-state index is -1.63. The Morgan fingerprint density at radius 3 is 1.72 bits per heavy atom. The van der Waals surface area contributed by atoms with Crippen molar-refractivity contribution in [1.82, 2.24) is 29.9 Å². The number of aromatic nitrogens is 6. The number of halogens is 5. The van der Waals surface area contributed by atoms with Gasteiger partial charge in [0.25, 0.3) is 0 Å². The summed E-state index contributed by atoms with van der Waals surface area (Å²) >= 11 is 16.4. The first-order chi connectivity index (χ1) is 15.2. The standard InChI is InChI=1S/C9H5ClFN3.C5H5BFNO2.C4H2Cl2N2/c10-9-13-4-2-7(14-9)6-1-3-12-8(11)5-6;7-5-3-4(6(9)10)1-2-8-5;5-3-1-2-7-4(6)8-3/h1-5H;1-3,9-10H;1-2H. The van der Waals surface area contributed by atoms with E-state index in [0.717, 1.165) is 6.07 Å². The predicted molar refractivity (Wildman–Crippen MR) is 116 cm³/mol. The summed E-state index contributed by atoms with van der Waals surface area (Å²) in [6.07, 6.45) is 5.56. The van der Waals surface area contributed by atoms with E-state index in [2.05, 4.69) is 29.9 Å². The highest BCUT2D eigenvalue weighted by atomic mass is 35.5. The molecule has 4 aromatic rings. The van der Waals surface area contributed by atoms with Crippen molar-refractivity contribution in [3.63, 3.8) is 0 Å². The van der Waals surface area contributed by atoms with E-state index < -0.39 is 19.0 Å². The van der Waals surface area contributed by atoms with E-state index in [4.69, 9.17) is 44.9 Å². The average Bonchev–Trinajstić information content (AvgIpc) is 2.74. The molecule has 4 heterocycles. The van der Waals surface area contributed by atoms with Gasteiger partial charge in [0, 0.05) is 36.4 Å². The van der Waals surface area contributed by atoms with E-state index in [9.17, 15) is 8.78 Å². The van der Waals surface area contributed by atoms with Crippen LogP contribution in [0.3, 0.4) is 0 Å². The summed E-state index contributed by atoms with van der Waals surface area (Å²) in [5.74, 6) is -1.26. The molecule has 4 rings (SSSR count). The smallest absolute Gasteiger partial charge is 0.423 e. The van der Waals surface area contributed by atoms with Crippen molar-refractivity contribution in [3.05, 3.63) is 88.8 Å². The Kier molecular flexibility index (Phi) is 10.2. The van der Waals surface area contributed by atoms with Crippen LogP contribution in [0, 0.1) is 11.9 Å². The van der Waals surface area contributed by atoms with Gasteiger partial charge in [-0.2, -0.15) is 8.78 Å². The van der Waals surface area contributed by atoms with Crippen LogP contribution in [0.25, 0.3) is 11.3 Å². The number of hydrogen-bond donors (Lipinski definition) is 2. The highest BCUT2D eigenvalue weighted by molar-refractivity contribution is 6.58. The first-order valence-corrected chi connectivity index (χ1v) is 9.60. The van der Waals surface area contributed by atoms with E-state index in [0.29, 0.717) is 16.4 Å². The molecule has 0 aliphatic heterocycles. The third-order valence-corrected chi connectivity index (χ3v) is 3.86. The fourth-order valence-electron chi connectivity index (χ4n) is 1.95. The molecule has 0 atom stereocenters. The van der Waals surface area contributed by atoms with Gasteiger partial charge in [0.2, 0.25) is 22.5 Å². The Bertz CT molecular complexity index is 1100. The molecule has 0 unspecified atom stereocenters.